The largest absolute Gasteiger partial charge is 0.465 e. The minimum Gasteiger partial charge on any atom is -0.465 e. The van der Waals surface area contributed by atoms with E-state index >= 15 is 0 Å². The normalized spacial score (nSPS) is 12.3. The van der Waals surface area contributed by atoms with Crippen LogP contribution in [0.25, 0.3) is 0 Å². The molecule has 0 radical (unpaired) electrons. The molecule has 1 N–H and O–H groups in total. The summed E-state index contributed by atoms with van der Waals surface area (Å²) in [6.45, 7) is 6.24. The first-order valence-corrected chi connectivity index (χ1v) is 12.1. The summed E-state index contributed by atoms with van der Waals surface area (Å²) in [5.74, 6) is 0.890. The van der Waals surface area contributed by atoms with Crippen LogP contribution >= 0.6 is 0 Å². The van der Waals surface area contributed by atoms with Gasteiger partial charge in [0, 0.05) is 0 Å². The highest BCUT2D eigenvalue weighted by molar-refractivity contribution is 5.40. The monoisotopic (exact) mass is 390 g/mol. The van der Waals surface area contributed by atoms with Crippen molar-refractivity contribution < 1.29 is 9.84 Å². The van der Waals surface area contributed by atoms with Crippen molar-refractivity contribution in [1.82, 2.24) is 0 Å². The highest BCUT2D eigenvalue weighted by Gasteiger charge is 2.11. The number of rotatable bonds is 18. The first kappa shape index (κ1) is 25.0. The van der Waals surface area contributed by atoms with E-state index in [0.29, 0.717) is 0 Å². The number of unbranched alkanes of at least 4 members (excludes halogenated alkanes) is 12. The van der Waals surface area contributed by atoms with Crippen LogP contribution in [0, 0.1) is 0 Å². The SMILES string of the molecule is CCCCCCCCCc1cccc(OC(C)O)c1CCCCCCCCC. The molecule has 2 heteroatoms. The summed E-state index contributed by atoms with van der Waals surface area (Å²) in [6, 6.07) is 6.38. The number of aliphatic hydroxyl groups excluding tert-OH is 1. The van der Waals surface area contributed by atoms with Crippen molar-refractivity contribution in [3.8, 4) is 5.75 Å². The van der Waals surface area contributed by atoms with E-state index in [4.69, 9.17) is 4.74 Å². The van der Waals surface area contributed by atoms with Crippen molar-refractivity contribution in [2.75, 3.05) is 0 Å². The Morgan fingerprint density at radius 2 is 1.21 bits per heavy atom. The van der Waals surface area contributed by atoms with Crippen molar-refractivity contribution >= 4 is 0 Å². The Balaban J connectivity index is 2.49. The van der Waals surface area contributed by atoms with E-state index in [2.05, 4.69) is 26.0 Å². The maximum absolute atomic E-state index is 9.71. The van der Waals surface area contributed by atoms with Crippen LogP contribution in [-0.2, 0) is 12.8 Å². The molecule has 0 aliphatic carbocycles. The van der Waals surface area contributed by atoms with Crippen LogP contribution in [0.5, 0.6) is 5.75 Å². The second kappa shape index (κ2) is 16.9. The summed E-state index contributed by atoms with van der Waals surface area (Å²) in [7, 11) is 0. The topological polar surface area (TPSA) is 29.5 Å². The summed E-state index contributed by atoms with van der Waals surface area (Å²) < 4.78 is 5.72. The maximum Gasteiger partial charge on any atom is 0.194 e. The Morgan fingerprint density at radius 1 is 0.714 bits per heavy atom. The zero-order valence-corrected chi connectivity index (χ0v) is 19.0. The number of benzene rings is 1. The Hall–Kier alpha value is -1.02. The van der Waals surface area contributed by atoms with Gasteiger partial charge in [0.05, 0.1) is 0 Å². The van der Waals surface area contributed by atoms with E-state index in [1.54, 1.807) is 6.92 Å². The molecular formula is C26H46O2. The van der Waals surface area contributed by atoms with Crippen LogP contribution in [-0.4, -0.2) is 11.4 Å². The molecule has 0 heterocycles. The second-order valence-corrected chi connectivity index (χ2v) is 8.35. The quantitative estimate of drug-likeness (QED) is 0.203. The van der Waals surface area contributed by atoms with E-state index in [9.17, 15) is 5.11 Å². The average molecular weight is 391 g/mol. The molecule has 1 atom stereocenters. The van der Waals surface area contributed by atoms with Gasteiger partial charge in [-0.25, -0.2) is 0 Å². The van der Waals surface area contributed by atoms with Gasteiger partial charge < -0.3 is 9.84 Å². The molecule has 0 saturated carbocycles. The lowest BCUT2D eigenvalue weighted by Gasteiger charge is -2.17. The van der Waals surface area contributed by atoms with Gasteiger partial charge in [-0.15, -0.1) is 0 Å². The summed E-state index contributed by atoms with van der Waals surface area (Å²) in [5.41, 5.74) is 2.76. The van der Waals surface area contributed by atoms with Gasteiger partial charge in [-0.05, 0) is 49.8 Å². The van der Waals surface area contributed by atoms with Crippen LogP contribution in [0.4, 0.5) is 0 Å². The fourth-order valence-corrected chi connectivity index (χ4v) is 3.95. The van der Waals surface area contributed by atoms with Crippen molar-refractivity contribution in [2.45, 2.75) is 130 Å². The van der Waals surface area contributed by atoms with Gasteiger partial charge in [0.25, 0.3) is 0 Å². The maximum atomic E-state index is 9.71. The fraction of sp³-hybridized carbons (Fsp3) is 0.769. The van der Waals surface area contributed by atoms with Crippen LogP contribution in [0.15, 0.2) is 18.2 Å². The molecule has 2 nitrogen and oxygen atoms in total. The van der Waals surface area contributed by atoms with Gasteiger partial charge in [-0.2, -0.15) is 0 Å². The van der Waals surface area contributed by atoms with E-state index in [1.807, 2.05) is 6.07 Å². The van der Waals surface area contributed by atoms with Crippen molar-refractivity contribution in [3.05, 3.63) is 29.3 Å². The molecule has 0 amide bonds. The van der Waals surface area contributed by atoms with Gasteiger partial charge in [-0.3, -0.25) is 0 Å². The van der Waals surface area contributed by atoms with Crippen molar-refractivity contribution in [1.29, 1.82) is 0 Å². The Bertz CT molecular complexity index is 481. The molecule has 1 rings (SSSR count). The predicted octanol–water partition coefficient (Wildman–Crippen LogP) is 7.99. The zero-order chi connectivity index (χ0) is 20.5. The van der Waals surface area contributed by atoms with E-state index in [0.717, 1.165) is 18.6 Å². The molecule has 1 aromatic carbocycles. The van der Waals surface area contributed by atoms with E-state index in [1.165, 1.54) is 101 Å². The molecule has 0 aliphatic heterocycles. The predicted molar refractivity (Wildman–Crippen MR) is 122 cm³/mol. The lowest BCUT2D eigenvalue weighted by atomic mass is 9.95. The summed E-state index contributed by atoms with van der Waals surface area (Å²) >= 11 is 0. The number of hydrogen-bond donors (Lipinski definition) is 1. The van der Waals surface area contributed by atoms with Gasteiger partial charge >= 0.3 is 0 Å². The first-order valence-electron chi connectivity index (χ1n) is 12.1. The summed E-state index contributed by atoms with van der Waals surface area (Å²) in [5, 5.41) is 9.71. The van der Waals surface area contributed by atoms with E-state index in [-0.39, 0.29) is 0 Å². The Kier molecular flexibility index (Phi) is 15.1. The van der Waals surface area contributed by atoms with Gasteiger partial charge in [0.1, 0.15) is 5.75 Å². The molecule has 0 spiro atoms. The van der Waals surface area contributed by atoms with Crippen LogP contribution < -0.4 is 4.74 Å². The molecule has 0 aromatic heterocycles. The van der Waals surface area contributed by atoms with Gasteiger partial charge in [0.2, 0.25) is 0 Å². The average Bonchev–Trinajstić information content (AvgIpc) is 2.67. The lowest BCUT2D eigenvalue weighted by molar-refractivity contribution is -0.00107. The smallest absolute Gasteiger partial charge is 0.194 e. The molecular weight excluding hydrogens is 344 g/mol. The standard InChI is InChI=1S/C26H46O2/c1-4-6-8-10-12-14-16-19-24-20-18-22-26(28-23(3)27)25(24)21-17-15-13-11-9-7-5-2/h18,20,22-23,27H,4-17,19,21H2,1-3H3. The number of aliphatic hydroxyl groups is 1. The lowest BCUT2D eigenvalue weighted by Crippen LogP contribution is -2.12. The highest BCUT2D eigenvalue weighted by Crippen LogP contribution is 2.27. The summed E-state index contributed by atoms with van der Waals surface area (Å²) in [4.78, 5) is 0. The minimum atomic E-state index is -0.749. The molecule has 162 valence electrons. The third-order valence-corrected chi connectivity index (χ3v) is 5.61. The van der Waals surface area contributed by atoms with Crippen molar-refractivity contribution in [2.24, 2.45) is 0 Å². The molecule has 0 saturated heterocycles. The first-order chi connectivity index (χ1) is 13.7. The Labute approximate surface area is 175 Å². The molecule has 28 heavy (non-hydrogen) atoms. The highest BCUT2D eigenvalue weighted by atomic mass is 16.6. The van der Waals surface area contributed by atoms with Crippen molar-refractivity contribution in [3.63, 3.8) is 0 Å². The second-order valence-electron chi connectivity index (χ2n) is 8.35. The number of ether oxygens (including phenoxy) is 1. The molecule has 0 fully saturated rings. The third-order valence-electron chi connectivity index (χ3n) is 5.61. The molecule has 1 unspecified atom stereocenters. The number of aryl methyl sites for hydroxylation is 1. The number of hydrogen-bond acceptors (Lipinski definition) is 2. The van der Waals surface area contributed by atoms with Crippen LogP contribution in [0.2, 0.25) is 0 Å². The van der Waals surface area contributed by atoms with Crippen LogP contribution in [0.1, 0.15) is 122 Å². The zero-order valence-electron chi connectivity index (χ0n) is 19.0. The van der Waals surface area contributed by atoms with E-state index < -0.39 is 6.29 Å². The molecule has 1 aromatic rings. The minimum absolute atomic E-state index is 0.749. The fourth-order valence-electron chi connectivity index (χ4n) is 3.95. The Morgan fingerprint density at radius 3 is 1.75 bits per heavy atom. The third kappa shape index (κ3) is 11.7. The van der Waals surface area contributed by atoms with Gasteiger partial charge in [-0.1, -0.05) is 103 Å². The van der Waals surface area contributed by atoms with Gasteiger partial charge in [0.15, 0.2) is 6.29 Å². The van der Waals surface area contributed by atoms with Crippen LogP contribution in [0.3, 0.4) is 0 Å². The molecule has 0 aliphatic rings. The summed E-state index contributed by atoms with van der Waals surface area (Å²) in [6.07, 6.45) is 20.1. The molecule has 0 bridgehead atoms.